The van der Waals surface area contributed by atoms with Crippen LogP contribution in [0.1, 0.15) is 104 Å². The topological polar surface area (TPSA) is 252 Å². The molecule has 6 saturated heterocycles. The van der Waals surface area contributed by atoms with Gasteiger partial charge in [0.1, 0.15) is 54.7 Å². The molecule has 0 saturated carbocycles. The minimum Gasteiger partial charge on any atom is -0.462 e. The molecule has 1 N–H and O–H groups in total. The standard InChI is InChI=1S/2C34H39ClFN7O2.C29H38N8O2.3H2S/c1-4-30(44)43-18-17-42(22-25(43)21-37-3)32-26-11-14-41(29-10-6-8-24-7-5-9-27(35)31(24)29)23-28(26)38-33(39-32)45-20-19-40-15-12-34(2,36)13-16-40;1-3-30(44)43-18-17-42(21-25(43)11-14-37)32-26-12-16-41(29-10-5-8-24-7-4-9-27(35)31(24)29)22-28(26)38-33(39-32)45-20-19-40-15-6-13-34(2,36)23-40;1-5-26(38)35-11-13-36(14-12-35)28-22-8-10-37(27-20(3)19(2)15-24-23(27)16-30-33-24)17-25(22)31-29(32-28)39-18-21-7-6-9-34(21)4;;;/h4-10,25H,1,11-23H2,2H3;3-5,7-10,25H,1,6,11-13,15-23H2,2H3;5,15-16,21H,1,6-14,17-18H2,2-4H3,(H,30,33);3*1H2/t25-;25-,34?;21-;;;/m000.../s1. The number of piperazine rings is 3. The van der Waals surface area contributed by atoms with E-state index in [1.807, 2.05) is 41.4 Å². The number of carbonyl (C=O) groups excluding carboxylic acids is 3. The molecule has 0 aliphatic carbocycles. The Morgan fingerprint density at radius 2 is 1.07 bits per heavy atom. The Hall–Kier alpha value is -10.5. The Morgan fingerprint density at radius 3 is 1.58 bits per heavy atom. The van der Waals surface area contributed by atoms with Crippen molar-refractivity contribution in [3.05, 3.63) is 189 Å². The zero-order chi connectivity index (χ0) is 90.2. The molecule has 1 unspecified atom stereocenters. The number of nitrogens with one attached hydrogen (secondary N) is 1. The van der Waals surface area contributed by atoms with Crippen LogP contribution in [0.15, 0.2) is 123 Å². The van der Waals surface area contributed by atoms with Crippen LogP contribution in [0, 0.1) is 31.8 Å². The second-order valence-electron chi connectivity index (χ2n) is 35.7. The van der Waals surface area contributed by atoms with Gasteiger partial charge in [-0.3, -0.25) is 29.3 Å². The van der Waals surface area contributed by atoms with E-state index in [-0.39, 0.29) is 89.3 Å². The molecule has 28 nitrogen and oxygen atoms in total. The summed E-state index contributed by atoms with van der Waals surface area (Å²) >= 11 is 13.4. The van der Waals surface area contributed by atoms with Crippen molar-refractivity contribution in [1.82, 2.24) is 69.5 Å². The minimum atomic E-state index is -1.18. The fourth-order valence-corrected chi connectivity index (χ4v) is 20.4. The molecule has 13 heterocycles. The monoisotopic (exact) mass is 1890 g/mol. The van der Waals surface area contributed by atoms with E-state index in [9.17, 15) is 28.4 Å². The van der Waals surface area contributed by atoms with Crippen LogP contribution in [-0.4, -0.2) is 281 Å². The Labute approximate surface area is 803 Å². The molecule has 0 radical (unpaired) electrons. The summed E-state index contributed by atoms with van der Waals surface area (Å²) in [7, 11) is 2.16. The highest BCUT2D eigenvalue weighted by Crippen LogP contribution is 2.43. The molecular weight excluding hydrogens is 1770 g/mol. The van der Waals surface area contributed by atoms with E-state index in [2.05, 4.69) is 154 Å². The zero-order valence-corrected chi connectivity index (χ0v) is 80.7. The molecule has 9 aromatic rings. The van der Waals surface area contributed by atoms with E-state index in [4.69, 9.17) is 73.9 Å². The first-order valence-electron chi connectivity index (χ1n) is 45.3. The molecule has 4 aromatic heterocycles. The minimum absolute atomic E-state index is 0. The van der Waals surface area contributed by atoms with Crippen LogP contribution in [0.2, 0.25) is 10.0 Å². The number of aryl methyl sites for hydroxylation is 1. The van der Waals surface area contributed by atoms with Crippen molar-refractivity contribution in [1.29, 1.82) is 5.26 Å². The molecule has 9 aliphatic heterocycles. The van der Waals surface area contributed by atoms with E-state index < -0.39 is 11.3 Å². The van der Waals surface area contributed by atoms with Crippen LogP contribution >= 0.6 is 63.7 Å². The third kappa shape index (κ3) is 22.4. The maximum absolute atomic E-state index is 14.6. The molecule has 0 spiro atoms. The number of rotatable bonds is 22. The SMILES string of the molecule is C=CC(=O)N1CCN(c2nc(OCCN3CCCC(C)(F)C3)nc3c2CCN(c2cccc4cccc(Cl)c24)C3)C[C@@H]1CC#N.C=CC(=O)N1CCN(c2nc(OC[C@@H]3CCCN3C)nc3c2CCN(c2c(C)c(C)cc4[nH]ncc24)C3)CC1.S.S.S.[C-]#[N+]C[C@H]1CN(c2nc(OCCN3CCC(C)(F)CC3)nc3c2CCN(c2cccc4cccc(Cl)c24)C3)CCN1C(=O)C=C. The van der Waals surface area contributed by atoms with E-state index in [0.29, 0.717) is 178 Å². The summed E-state index contributed by atoms with van der Waals surface area (Å²) in [6, 6.07) is 29.6. The average molecular weight is 1900 g/mol. The Balaban J connectivity index is 0.000000167. The number of piperidine rings is 2. The average Bonchev–Trinajstić information content (AvgIpc) is 1.77. The number of fused-ring (bicyclic) bond motifs is 6. The molecule has 9 aliphatic rings. The lowest BCUT2D eigenvalue weighted by Crippen LogP contribution is -2.56. The molecule has 132 heavy (non-hydrogen) atoms. The number of alkyl halides is 2. The molecule has 6 fully saturated rings. The van der Waals surface area contributed by atoms with Gasteiger partial charge in [0.2, 0.25) is 24.3 Å². The summed E-state index contributed by atoms with van der Waals surface area (Å²) in [5.74, 6) is 2.20. The van der Waals surface area contributed by atoms with Gasteiger partial charge in [-0.2, -0.15) is 80.8 Å². The number of nitriles is 1. The second-order valence-corrected chi connectivity index (χ2v) is 36.5. The van der Waals surface area contributed by atoms with E-state index in [0.717, 1.165) is 161 Å². The summed E-state index contributed by atoms with van der Waals surface area (Å²) in [5, 5.41) is 23.8. The largest absolute Gasteiger partial charge is 0.462 e. The molecule has 5 aromatic carbocycles. The van der Waals surface area contributed by atoms with Gasteiger partial charge in [-0.1, -0.05) is 91.5 Å². The number of halogens is 4. The number of aromatic amines is 1. The van der Waals surface area contributed by atoms with Gasteiger partial charge in [-0.15, -0.1) is 0 Å². The van der Waals surface area contributed by atoms with Gasteiger partial charge in [0, 0.05) is 168 Å². The van der Waals surface area contributed by atoms with Crippen molar-refractivity contribution in [2.75, 3.05) is 194 Å². The van der Waals surface area contributed by atoms with Crippen molar-refractivity contribution in [2.24, 2.45) is 0 Å². The summed E-state index contributed by atoms with van der Waals surface area (Å²) in [4.78, 5) is 96.2. The first kappa shape index (κ1) is 99.0. The number of benzene rings is 5. The second kappa shape index (κ2) is 44.1. The van der Waals surface area contributed by atoms with Crippen LogP contribution in [0.4, 0.5) is 43.3 Å². The highest BCUT2D eigenvalue weighted by Gasteiger charge is 2.40. The third-order valence-corrected chi connectivity index (χ3v) is 27.7. The first-order valence-corrected chi connectivity index (χ1v) is 46.1. The summed E-state index contributed by atoms with van der Waals surface area (Å²) in [5.41, 5.74) is 10.7. The Bertz CT molecular complexity index is 5740. The maximum atomic E-state index is 14.6. The molecule has 702 valence electrons. The van der Waals surface area contributed by atoms with Crippen molar-refractivity contribution in [2.45, 2.75) is 141 Å². The fourth-order valence-electron chi connectivity index (χ4n) is 19.9. The van der Waals surface area contributed by atoms with Crippen LogP contribution in [0.3, 0.4) is 0 Å². The third-order valence-electron chi connectivity index (χ3n) is 27.1. The Kier molecular flexibility index (Phi) is 33.1. The van der Waals surface area contributed by atoms with Crippen LogP contribution in [-0.2, 0) is 53.3 Å². The molecular formula is C97H122Cl2F2N22O6S3. The lowest BCUT2D eigenvalue weighted by molar-refractivity contribution is -0.129. The van der Waals surface area contributed by atoms with Crippen LogP contribution in [0.25, 0.3) is 37.3 Å². The lowest BCUT2D eigenvalue weighted by Gasteiger charge is -2.42. The number of hydrogen-bond acceptors (Lipinski definition) is 23. The van der Waals surface area contributed by atoms with Gasteiger partial charge in [0.25, 0.3) is 0 Å². The number of amides is 3. The first-order chi connectivity index (χ1) is 62.4. The lowest BCUT2D eigenvalue weighted by atomic mass is 9.96. The van der Waals surface area contributed by atoms with Gasteiger partial charge >= 0.3 is 18.0 Å². The summed E-state index contributed by atoms with van der Waals surface area (Å²) in [6.45, 7) is 42.6. The quantitative estimate of drug-likeness (QED) is 0.0489. The smallest absolute Gasteiger partial charge is 0.318 e. The number of likely N-dealkylation sites (N-methyl/N-ethyl adjacent to an activating group) is 1. The van der Waals surface area contributed by atoms with Crippen molar-refractivity contribution in [3.63, 3.8) is 0 Å². The van der Waals surface area contributed by atoms with Crippen molar-refractivity contribution in [3.8, 4) is 24.1 Å². The van der Waals surface area contributed by atoms with Crippen molar-refractivity contribution < 1.29 is 37.4 Å². The van der Waals surface area contributed by atoms with E-state index >= 15 is 0 Å². The number of aromatic nitrogens is 8. The van der Waals surface area contributed by atoms with E-state index in [1.54, 1.807) is 23.6 Å². The number of hydrogen-bond donors (Lipinski definition) is 1. The molecule has 3 amide bonds. The fraction of sp³-hybridized carbons (Fsp3) is 0.485. The number of H-pyrrole nitrogens is 1. The van der Waals surface area contributed by atoms with E-state index in [1.165, 1.54) is 47.0 Å². The maximum Gasteiger partial charge on any atom is 0.318 e. The number of nitrogens with zero attached hydrogens (tertiary/aromatic N) is 21. The Morgan fingerprint density at radius 1 is 0.576 bits per heavy atom. The predicted octanol–water partition coefficient (Wildman–Crippen LogP) is 13.5. The summed E-state index contributed by atoms with van der Waals surface area (Å²) in [6.07, 6.45) is 13.2. The summed E-state index contributed by atoms with van der Waals surface area (Å²) < 4.78 is 47.6. The van der Waals surface area contributed by atoms with Gasteiger partial charge in [0.15, 0.2) is 0 Å². The number of anilines is 6. The normalized spacial score (nSPS) is 20.3. The number of carbonyl (C=O) groups is 3. The molecule has 0 bridgehead atoms. The molecule has 35 heteroatoms. The molecule has 4 atom stereocenters. The van der Waals surface area contributed by atoms with Gasteiger partial charge in [-0.25, -0.2) is 15.4 Å². The molecule has 18 rings (SSSR count). The van der Waals surface area contributed by atoms with Gasteiger partial charge < -0.3 is 68.1 Å². The van der Waals surface area contributed by atoms with Gasteiger partial charge in [-0.05, 0) is 176 Å². The zero-order valence-electron chi connectivity index (χ0n) is 76.2. The number of ether oxygens (including phenoxy) is 3. The van der Waals surface area contributed by atoms with Crippen LogP contribution in [0.5, 0.6) is 18.0 Å². The highest BCUT2D eigenvalue weighted by atomic mass is 35.5. The predicted molar refractivity (Wildman–Crippen MR) is 534 cm³/mol. The van der Waals surface area contributed by atoms with Crippen molar-refractivity contribution >= 4 is 148 Å². The number of likely N-dealkylation sites (tertiary alicyclic amines) is 3. The van der Waals surface area contributed by atoms with Gasteiger partial charge in [0.05, 0.1) is 82.7 Å². The highest BCUT2D eigenvalue weighted by molar-refractivity contribution is 7.59. The van der Waals surface area contributed by atoms with Crippen LogP contribution < -0.4 is 43.6 Å².